The highest BCUT2D eigenvalue weighted by Crippen LogP contribution is 1.94. The first-order valence-electron chi connectivity index (χ1n) is 5.28. The summed E-state index contributed by atoms with van der Waals surface area (Å²) in [4.78, 5) is 26.1. The summed E-state index contributed by atoms with van der Waals surface area (Å²) < 4.78 is 4.67. The minimum atomic E-state index is -0.452. The van der Waals surface area contributed by atoms with Crippen LogP contribution < -0.4 is 10.6 Å². The van der Waals surface area contributed by atoms with Gasteiger partial charge in [-0.05, 0) is 24.6 Å². The number of carbonyl (C=O) groups excluding carboxylic acids is 2. The zero-order chi connectivity index (χ0) is 12.5. The first-order chi connectivity index (χ1) is 8.22. The third kappa shape index (κ3) is 5.50. The Morgan fingerprint density at radius 3 is 2.65 bits per heavy atom. The molecule has 0 aromatic carbocycles. The molecular formula is C11H15N3O3. The number of ether oxygens (including phenoxy) is 1. The number of aromatic nitrogens is 1. The maximum absolute atomic E-state index is 11.3. The van der Waals surface area contributed by atoms with Gasteiger partial charge in [-0.15, -0.1) is 0 Å². The van der Waals surface area contributed by atoms with Crippen LogP contribution in [0.15, 0.2) is 24.5 Å². The van der Waals surface area contributed by atoms with E-state index < -0.39 is 12.0 Å². The first kappa shape index (κ1) is 13.0. The molecule has 0 aliphatic rings. The summed E-state index contributed by atoms with van der Waals surface area (Å²) in [7, 11) is 0. The number of hydrogen-bond acceptors (Lipinski definition) is 4. The van der Waals surface area contributed by atoms with Crippen molar-refractivity contribution in [1.82, 2.24) is 15.6 Å². The summed E-state index contributed by atoms with van der Waals surface area (Å²) in [5.74, 6) is -0.452. The van der Waals surface area contributed by atoms with Gasteiger partial charge in [-0.25, -0.2) is 4.79 Å². The van der Waals surface area contributed by atoms with Crippen molar-refractivity contribution in [3.05, 3.63) is 30.1 Å². The maximum atomic E-state index is 11.3. The van der Waals surface area contributed by atoms with Gasteiger partial charge >= 0.3 is 12.0 Å². The number of nitrogens with one attached hydrogen (secondary N) is 2. The lowest BCUT2D eigenvalue weighted by Crippen LogP contribution is -2.38. The monoisotopic (exact) mass is 237 g/mol. The minimum absolute atomic E-state index is 0.129. The highest BCUT2D eigenvalue weighted by molar-refractivity contribution is 5.80. The Morgan fingerprint density at radius 1 is 1.29 bits per heavy atom. The van der Waals surface area contributed by atoms with Crippen LogP contribution in [0.1, 0.15) is 12.5 Å². The normalized spacial score (nSPS) is 9.47. The highest BCUT2D eigenvalue weighted by atomic mass is 16.5. The van der Waals surface area contributed by atoms with Gasteiger partial charge in [0.05, 0.1) is 6.61 Å². The molecule has 2 N–H and O–H groups in total. The van der Waals surface area contributed by atoms with Gasteiger partial charge in [0.1, 0.15) is 6.54 Å². The van der Waals surface area contributed by atoms with Crippen LogP contribution in [0.4, 0.5) is 4.79 Å². The van der Waals surface area contributed by atoms with Gasteiger partial charge in [0, 0.05) is 18.9 Å². The van der Waals surface area contributed by atoms with Crippen LogP contribution >= 0.6 is 0 Å². The van der Waals surface area contributed by atoms with Gasteiger partial charge < -0.3 is 15.4 Å². The molecular weight excluding hydrogens is 222 g/mol. The lowest BCUT2D eigenvalue weighted by molar-refractivity contribution is -0.141. The molecule has 0 aliphatic carbocycles. The van der Waals surface area contributed by atoms with E-state index in [1.165, 1.54) is 0 Å². The van der Waals surface area contributed by atoms with Crippen molar-refractivity contribution in [2.45, 2.75) is 13.5 Å². The van der Waals surface area contributed by atoms with Crippen molar-refractivity contribution >= 4 is 12.0 Å². The molecule has 1 rings (SSSR count). The van der Waals surface area contributed by atoms with Crippen molar-refractivity contribution in [1.29, 1.82) is 0 Å². The second-order valence-corrected chi connectivity index (χ2v) is 3.20. The van der Waals surface area contributed by atoms with Crippen LogP contribution in [0.3, 0.4) is 0 Å². The smallest absolute Gasteiger partial charge is 0.325 e. The largest absolute Gasteiger partial charge is 0.465 e. The predicted octanol–water partition coefficient (Wildman–Crippen LogP) is 0.444. The molecule has 1 heterocycles. The molecule has 0 saturated carbocycles. The van der Waals surface area contributed by atoms with Gasteiger partial charge in [0.15, 0.2) is 0 Å². The molecule has 6 heteroatoms. The molecule has 1 aromatic heterocycles. The summed E-state index contributed by atoms with van der Waals surface area (Å²) >= 11 is 0. The fourth-order valence-corrected chi connectivity index (χ4v) is 1.11. The number of rotatable bonds is 5. The summed E-state index contributed by atoms with van der Waals surface area (Å²) in [5.41, 5.74) is 0.936. The Kier molecular flexibility index (Phi) is 5.50. The Hall–Kier alpha value is -2.11. The molecule has 0 fully saturated rings. The van der Waals surface area contributed by atoms with Crippen molar-refractivity contribution in [2.24, 2.45) is 0 Å². The number of esters is 1. The van der Waals surface area contributed by atoms with Crippen molar-refractivity contribution in [3.63, 3.8) is 0 Å². The summed E-state index contributed by atoms with van der Waals surface area (Å²) in [5, 5.41) is 5.01. The Balaban J connectivity index is 2.20. The number of hydrogen-bond donors (Lipinski definition) is 2. The third-order valence-electron chi connectivity index (χ3n) is 1.90. The van der Waals surface area contributed by atoms with Gasteiger partial charge in [0.25, 0.3) is 0 Å². The van der Waals surface area contributed by atoms with Gasteiger partial charge in [-0.3, -0.25) is 9.78 Å². The zero-order valence-corrected chi connectivity index (χ0v) is 9.60. The van der Waals surface area contributed by atoms with Crippen LogP contribution in [0.2, 0.25) is 0 Å². The van der Waals surface area contributed by atoms with E-state index >= 15 is 0 Å². The molecule has 0 radical (unpaired) electrons. The van der Waals surface area contributed by atoms with Crippen LogP contribution in [-0.4, -0.2) is 30.1 Å². The zero-order valence-electron chi connectivity index (χ0n) is 9.60. The van der Waals surface area contributed by atoms with E-state index in [9.17, 15) is 9.59 Å². The van der Waals surface area contributed by atoms with Crippen molar-refractivity contribution in [3.8, 4) is 0 Å². The molecule has 0 atom stereocenters. The van der Waals surface area contributed by atoms with E-state index in [1.54, 1.807) is 31.5 Å². The van der Waals surface area contributed by atoms with E-state index in [1.807, 2.05) is 0 Å². The number of amides is 2. The Morgan fingerprint density at radius 2 is 2.00 bits per heavy atom. The molecule has 2 amide bonds. The number of nitrogens with zero attached hydrogens (tertiary/aromatic N) is 1. The summed E-state index contributed by atoms with van der Waals surface area (Å²) in [6, 6.07) is 3.19. The molecule has 92 valence electrons. The molecule has 0 bridgehead atoms. The van der Waals surface area contributed by atoms with Gasteiger partial charge in [-0.1, -0.05) is 0 Å². The fourth-order valence-electron chi connectivity index (χ4n) is 1.11. The Bertz CT molecular complexity index is 367. The predicted molar refractivity (Wildman–Crippen MR) is 61.1 cm³/mol. The van der Waals surface area contributed by atoms with E-state index in [-0.39, 0.29) is 6.54 Å². The van der Waals surface area contributed by atoms with Gasteiger partial charge in [0.2, 0.25) is 0 Å². The molecule has 0 saturated heterocycles. The van der Waals surface area contributed by atoms with E-state index in [0.29, 0.717) is 13.2 Å². The molecule has 1 aromatic rings. The van der Waals surface area contributed by atoms with E-state index in [0.717, 1.165) is 5.56 Å². The SMILES string of the molecule is CCOC(=O)CNC(=O)NCc1ccncc1. The minimum Gasteiger partial charge on any atom is -0.465 e. The first-order valence-corrected chi connectivity index (χ1v) is 5.28. The number of carbonyl (C=O) groups is 2. The lowest BCUT2D eigenvalue weighted by atomic mass is 10.3. The standard InChI is InChI=1S/C11H15N3O3/c1-2-17-10(15)8-14-11(16)13-7-9-3-5-12-6-4-9/h3-6H,2,7-8H2,1H3,(H2,13,14,16). The van der Waals surface area contributed by atoms with Crippen molar-refractivity contribution in [2.75, 3.05) is 13.2 Å². The molecule has 17 heavy (non-hydrogen) atoms. The summed E-state index contributed by atoms with van der Waals surface area (Å²) in [6.45, 7) is 2.27. The molecule has 0 unspecified atom stereocenters. The topological polar surface area (TPSA) is 80.3 Å². The Labute approximate surface area is 99.4 Å². The summed E-state index contributed by atoms with van der Waals surface area (Å²) in [6.07, 6.45) is 3.29. The maximum Gasteiger partial charge on any atom is 0.325 e. The van der Waals surface area contributed by atoms with E-state index in [2.05, 4.69) is 20.4 Å². The van der Waals surface area contributed by atoms with Crippen LogP contribution in [-0.2, 0) is 16.1 Å². The molecule has 0 spiro atoms. The molecule has 6 nitrogen and oxygen atoms in total. The highest BCUT2D eigenvalue weighted by Gasteiger charge is 2.04. The van der Waals surface area contributed by atoms with Crippen LogP contribution in [0, 0.1) is 0 Å². The van der Waals surface area contributed by atoms with E-state index in [4.69, 9.17) is 0 Å². The number of pyridine rings is 1. The van der Waals surface area contributed by atoms with Gasteiger partial charge in [-0.2, -0.15) is 0 Å². The molecule has 0 aliphatic heterocycles. The number of urea groups is 1. The quantitative estimate of drug-likeness (QED) is 0.728. The third-order valence-corrected chi connectivity index (χ3v) is 1.90. The average Bonchev–Trinajstić information content (AvgIpc) is 2.35. The van der Waals surface area contributed by atoms with Crippen molar-refractivity contribution < 1.29 is 14.3 Å². The van der Waals surface area contributed by atoms with Crippen LogP contribution in [0.25, 0.3) is 0 Å². The van der Waals surface area contributed by atoms with Crippen LogP contribution in [0.5, 0.6) is 0 Å². The lowest BCUT2D eigenvalue weighted by Gasteiger charge is -2.07. The second-order valence-electron chi connectivity index (χ2n) is 3.20. The average molecular weight is 237 g/mol. The fraction of sp³-hybridized carbons (Fsp3) is 0.364. The second kappa shape index (κ2) is 7.21.